The molecule has 288 valence electrons. The number of ether oxygens (including phenoxy) is 6. The summed E-state index contributed by atoms with van der Waals surface area (Å²) >= 11 is 0. The number of rotatable bonds is 16. The lowest BCUT2D eigenvalue weighted by Gasteiger charge is -2.34. The van der Waals surface area contributed by atoms with Gasteiger partial charge in [0, 0.05) is 57.9 Å². The van der Waals surface area contributed by atoms with Crippen molar-refractivity contribution in [1.29, 1.82) is 0 Å². The number of likely N-dealkylation sites (N-methyl/N-ethyl adjacent to an activating group) is 2. The predicted molar refractivity (Wildman–Crippen MR) is 200 cm³/mol. The molecular formula is C38H62N4O9. The van der Waals surface area contributed by atoms with Crippen LogP contribution >= 0.6 is 0 Å². The van der Waals surface area contributed by atoms with Gasteiger partial charge in [0.25, 0.3) is 5.91 Å². The Bertz CT molecular complexity index is 1260. The Kier molecular flexibility index (Phi) is 20.6. The fourth-order valence-electron chi connectivity index (χ4n) is 5.41. The van der Waals surface area contributed by atoms with Crippen molar-refractivity contribution >= 4 is 11.9 Å². The first kappa shape index (κ1) is 43.2. The third-order valence-corrected chi connectivity index (χ3v) is 8.67. The highest BCUT2D eigenvalue weighted by atomic mass is 16.5. The van der Waals surface area contributed by atoms with E-state index >= 15 is 0 Å². The molecule has 0 saturated carbocycles. The summed E-state index contributed by atoms with van der Waals surface area (Å²) in [4.78, 5) is 30.5. The number of hydrogen-bond acceptors (Lipinski definition) is 11. The Hall–Kier alpha value is -3.94. The topological polar surface area (TPSA) is 132 Å². The molecule has 2 N–H and O–H groups in total. The maximum atomic E-state index is 12.9. The molecule has 13 nitrogen and oxygen atoms in total. The van der Waals surface area contributed by atoms with E-state index in [0.717, 1.165) is 58.4 Å². The van der Waals surface area contributed by atoms with Crippen molar-refractivity contribution in [2.75, 3.05) is 107 Å². The van der Waals surface area contributed by atoms with Crippen molar-refractivity contribution in [2.45, 2.75) is 53.4 Å². The Morgan fingerprint density at radius 3 is 1.35 bits per heavy atom. The summed E-state index contributed by atoms with van der Waals surface area (Å²) in [6, 6.07) is 6.34. The monoisotopic (exact) mass is 718 g/mol. The third-order valence-electron chi connectivity index (χ3n) is 8.67. The van der Waals surface area contributed by atoms with Crippen molar-refractivity contribution in [3.63, 3.8) is 0 Å². The number of piperazine rings is 2. The molecule has 2 aliphatic heterocycles. The summed E-state index contributed by atoms with van der Waals surface area (Å²) in [5.74, 6) is 1.77. The zero-order valence-electron chi connectivity index (χ0n) is 32.2. The number of benzene rings is 2. The minimum atomic E-state index is -1.04. The summed E-state index contributed by atoms with van der Waals surface area (Å²) in [6.45, 7) is 20.0. The Balaban J connectivity index is 0.000000300. The first-order valence-electron chi connectivity index (χ1n) is 18.2. The van der Waals surface area contributed by atoms with Gasteiger partial charge in [0.1, 0.15) is 0 Å². The minimum absolute atomic E-state index is 0.00691. The number of methoxy groups -OCH3 is 4. The average Bonchev–Trinajstić information content (AvgIpc) is 3.18. The number of hydrogen-bond donors (Lipinski definition) is 2. The predicted octanol–water partition coefficient (Wildman–Crippen LogP) is 5.15. The molecule has 0 radical (unpaired) electrons. The standard InChI is InChI=1S/C19H30N2O4.C13H18O5.C6H14N2/c1-5-7-12-25-18-16(23-3)13-15(14-17(18)24-4)19(22)21-10-8-20(6-2)9-11-21;1-4-5-6-18-12-10(16-2)7-9(13(14)15)8-11(12)17-3;1-2-8-5-3-7-4-6-8/h13-14H,5-12H2,1-4H3;7-8H,4-6H2,1-3H3,(H,14,15);7H,2-6H2,1H3. The van der Waals surface area contributed by atoms with Crippen LogP contribution in [0, 0.1) is 0 Å². The summed E-state index contributed by atoms with van der Waals surface area (Å²) in [7, 11) is 6.09. The summed E-state index contributed by atoms with van der Waals surface area (Å²) in [5, 5.41) is 12.3. The molecule has 2 heterocycles. The Morgan fingerprint density at radius 1 is 0.627 bits per heavy atom. The van der Waals surface area contributed by atoms with E-state index in [1.54, 1.807) is 26.4 Å². The lowest BCUT2D eigenvalue weighted by Crippen LogP contribution is -2.48. The number of aromatic carboxylic acids is 1. The highest BCUT2D eigenvalue weighted by molar-refractivity contribution is 5.95. The molecule has 2 aromatic rings. The van der Waals surface area contributed by atoms with Gasteiger partial charge in [0.05, 0.1) is 47.2 Å². The van der Waals surface area contributed by atoms with Gasteiger partial charge in [0.15, 0.2) is 23.0 Å². The lowest BCUT2D eigenvalue weighted by molar-refractivity contribution is 0.0641. The van der Waals surface area contributed by atoms with Crippen LogP contribution in [0.3, 0.4) is 0 Å². The van der Waals surface area contributed by atoms with E-state index in [4.69, 9.17) is 33.5 Å². The van der Waals surface area contributed by atoms with Crippen LogP contribution in [0.25, 0.3) is 0 Å². The number of carbonyl (C=O) groups excluding carboxylic acids is 1. The van der Waals surface area contributed by atoms with Crippen LogP contribution in [0.1, 0.15) is 74.1 Å². The van der Waals surface area contributed by atoms with Crippen molar-refractivity contribution in [3.05, 3.63) is 35.4 Å². The van der Waals surface area contributed by atoms with Crippen molar-refractivity contribution in [3.8, 4) is 34.5 Å². The molecule has 0 spiro atoms. The zero-order chi connectivity index (χ0) is 37.6. The maximum Gasteiger partial charge on any atom is 0.335 e. The Labute approximate surface area is 305 Å². The minimum Gasteiger partial charge on any atom is -0.493 e. The molecule has 1 amide bonds. The van der Waals surface area contributed by atoms with Gasteiger partial charge in [0.2, 0.25) is 11.5 Å². The molecule has 13 heteroatoms. The maximum absolute atomic E-state index is 12.9. The van der Waals surface area contributed by atoms with Gasteiger partial charge in [-0.2, -0.15) is 0 Å². The number of unbranched alkanes of at least 4 members (excludes halogenated alkanes) is 2. The van der Waals surface area contributed by atoms with E-state index in [9.17, 15) is 9.59 Å². The normalized spacial score (nSPS) is 14.6. The van der Waals surface area contributed by atoms with Crippen LogP contribution in [0.4, 0.5) is 0 Å². The van der Waals surface area contributed by atoms with Crippen molar-refractivity contribution in [2.24, 2.45) is 0 Å². The van der Waals surface area contributed by atoms with Gasteiger partial charge in [-0.3, -0.25) is 4.79 Å². The molecule has 2 aliphatic rings. The van der Waals surface area contributed by atoms with Gasteiger partial charge >= 0.3 is 5.97 Å². The van der Waals surface area contributed by atoms with Crippen LogP contribution in [-0.4, -0.2) is 139 Å². The highest BCUT2D eigenvalue weighted by Crippen LogP contribution is 2.40. The second-order valence-corrected chi connectivity index (χ2v) is 12.0. The molecule has 0 aromatic heterocycles. The first-order valence-corrected chi connectivity index (χ1v) is 18.2. The molecule has 0 atom stereocenters. The smallest absolute Gasteiger partial charge is 0.335 e. The number of carboxylic acid groups (broad SMARTS) is 1. The average molecular weight is 719 g/mol. The summed E-state index contributed by atoms with van der Waals surface area (Å²) in [6.07, 6.45) is 3.92. The molecule has 0 unspecified atom stereocenters. The van der Waals surface area contributed by atoms with E-state index in [2.05, 4.69) is 42.8 Å². The SMILES string of the molecule is CCCCOc1c(OC)cc(C(=O)N2CCN(CC)CC2)cc1OC.CCCCOc1c(OC)cc(C(=O)O)cc1OC.CCN1CCNCC1. The lowest BCUT2D eigenvalue weighted by atomic mass is 10.1. The van der Waals surface area contributed by atoms with Crippen LogP contribution in [0.15, 0.2) is 24.3 Å². The highest BCUT2D eigenvalue weighted by Gasteiger charge is 2.24. The number of nitrogens with one attached hydrogen (secondary N) is 1. The Morgan fingerprint density at radius 2 is 1.02 bits per heavy atom. The van der Waals surface area contributed by atoms with Crippen LogP contribution in [-0.2, 0) is 0 Å². The van der Waals surface area contributed by atoms with Crippen LogP contribution in [0.5, 0.6) is 34.5 Å². The summed E-state index contributed by atoms with van der Waals surface area (Å²) in [5.41, 5.74) is 0.674. The summed E-state index contributed by atoms with van der Waals surface area (Å²) < 4.78 is 32.6. The number of amides is 1. The van der Waals surface area contributed by atoms with E-state index in [1.807, 2.05) is 4.90 Å². The van der Waals surface area contributed by atoms with Crippen LogP contribution < -0.4 is 33.7 Å². The second kappa shape index (κ2) is 24.3. The quantitative estimate of drug-likeness (QED) is 0.223. The molecular weight excluding hydrogens is 656 g/mol. The van der Waals surface area contributed by atoms with Crippen LogP contribution in [0.2, 0.25) is 0 Å². The van der Waals surface area contributed by atoms with Gasteiger partial charge in [-0.25, -0.2) is 4.79 Å². The fourth-order valence-corrected chi connectivity index (χ4v) is 5.41. The largest absolute Gasteiger partial charge is 0.493 e. The van der Waals surface area contributed by atoms with E-state index < -0.39 is 5.97 Å². The van der Waals surface area contributed by atoms with Crippen molar-refractivity contribution in [1.82, 2.24) is 20.0 Å². The number of nitrogens with zero attached hydrogens (tertiary/aromatic N) is 3. The molecule has 2 fully saturated rings. The number of carboxylic acids is 1. The van der Waals surface area contributed by atoms with Gasteiger partial charge < -0.3 is 53.5 Å². The fraction of sp³-hybridized carbons (Fsp3) is 0.632. The molecule has 2 saturated heterocycles. The number of carbonyl (C=O) groups is 2. The van der Waals surface area contributed by atoms with E-state index in [0.29, 0.717) is 53.3 Å². The third kappa shape index (κ3) is 14.0. The first-order chi connectivity index (χ1) is 24.7. The zero-order valence-corrected chi connectivity index (χ0v) is 32.2. The molecule has 2 aromatic carbocycles. The van der Waals surface area contributed by atoms with Gasteiger partial charge in [-0.15, -0.1) is 0 Å². The van der Waals surface area contributed by atoms with Crippen molar-refractivity contribution < 1.29 is 43.1 Å². The second-order valence-electron chi connectivity index (χ2n) is 12.0. The molecule has 51 heavy (non-hydrogen) atoms. The molecule has 4 rings (SSSR count). The van der Waals surface area contributed by atoms with E-state index in [1.165, 1.54) is 59.1 Å². The molecule has 0 bridgehead atoms. The van der Waals surface area contributed by atoms with Gasteiger partial charge in [-0.1, -0.05) is 40.5 Å². The van der Waals surface area contributed by atoms with Gasteiger partial charge in [-0.05, 0) is 50.2 Å². The molecule has 0 aliphatic carbocycles. The van der Waals surface area contributed by atoms with E-state index in [-0.39, 0.29) is 11.5 Å².